The van der Waals surface area contributed by atoms with E-state index in [2.05, 4.69) is 37.7 Å². The summed E-state index contributed by atoms with van der Waals surface area (Å²) in [5.41, 5.74) is 5.43. The van der Waals surface area contributed by atoms with E-state index in [1.54, 1.807) is 17.7 Å². The van der Waals surface area contributed by atoms with E-state index in [-0.39, 0.29) is 0 Å². The largest absolute Gasteiger partial charge is 0.241 e. The first-order chi connectivity index (χ1) is 11.6. The third-order valence-corrected chi connectivity index (χ3v) is 6.83. The molecule has 126 valence electrons. The molecule has 3 aromatic rings. The van der Waals surface area contributed by atoms with Crippen LogP contribution in [0.4, 0.5) is 0 Å². The normalized spacial score (nSPS) is 14.9. The number of hydrogen-bond acceptors (Lipinski definition) is 5. The summed E-state index contributed by atoms with van der Waals surface area (Å²) in [4.78, 5) is 15.5. The van der Waals surface area contributed by atoms with Crippen LogP contribution in [0.5, 0.6) is 0 Å². The molecular weight excluding hydrogens is 334 g/mol. The molecule has 0 aromatic carbocycles. The maximum absolute atomic E-state index is 5.09. The number of fused-ring (bicyclic) bond motifs is 5. The van der Waals surface area contributed by atoms with Gasteiger partial charge in [-0.1, -0.05) is 27.7 Å². The van der Waals surface area contributed by atoms with Crippen molar-refractivity contribution in [1.82, 2.24) is 15.0 Å². The Kier molecular flexibility index (Phi) is 4.25. The third kappa shape index (κ3) is 2.62. The Morgan fingerprint density at radius 2 is 1.79 bits per heavy atom. The number of pyridine rings is 1. The van der Waals surface area contributed by atoms with Crippen molar-refractivity contribution in [1.29, 1.82) is 0 Å². The van der Waals surface area contributed by atoms with Gasteiger partial charge < -0.3 is 0 Å². The lowest BCUT2D eigenvalue weighted by atomic mass is 9.86. The van der Waals surface area contributed by atoms with E-state index in [1.807, 2.05) is 11.8 Å². The van der Waals surface area contributed by atoms with Crippen LogP contribution in [0.15, 0.2) is 11.4 Å². The molecule has 1 aliphatic rings. The number of aryl methyl sites for hydroxylation is 1. The molecule has 4 rings (SSSR count). The maximum Gasteiger partial charge on any atom is 0.126 e. The summed E-state index contributed by atoms with van der Waals surface area (Å²) in [6.45, 7) is 8.94. The molecule has 3 aromatic heterocycles. The Balaban J connectivity index is 2.06. The molecule has 0 saturated heterocycles. The molecule has 0 saturated carbocycles. The summed E-state index contributed by atoms with van der Waals surface area (Å²) in [6.07, 6.45) is 6.62. The number of hydrogen-bond donors (Lipinski definition) is 0. The van der Waals surface area contributed by atoms with E-state index in [1.165, 1.54) is 46.2 Å². The van der Waals surface area contributed by atoms with Gasteiger partial charge in [-0.25, -0.2) is 15.0 Å². The number of nitrogens with zero attached hydrogens (tertiary/aromatic N) is 3. The molecule has 0 bridgehead atoms. The molecule has 3 heterocycles. The smallest absolute Gasteiger partial charge is 0.126 e. The second kappa shape index (κ2) is 6.26. The minimum atomic E-state index is 0.474. The highest BCUT2D eigenvalue weighted by Gasteiger charge is 2.24. The predicted octanol–water partition coefficient (Wildman–Crippen LogP) is 5.74. The standard InChI is InChI=1S/C19H23N3S2/c1-10(2)15-13-8-6-5-7-12(13)14-16-17(24-18(14)22-15)19(21-9-20-16)23-11(3)4/h9-11H,5-8H2,1-4H3. The molecule has 24 heavy (non-hydrogen) atoms. The highest BCUT2D eigenvalue weighted by Crippen LogP contribution is 2.42. The molecule has 0 atom stereocenters. The number of rotatable bonds is 3. The Morgan fingerprint density at radius 1 is 1.04 bits per heavy atom. The number of aromatic nitrogens is 3. The molecule has 1 aliphatic carbocycles. The Labute approximate surface area is 151 Å². The van der Waals surface area contributed by atoms with Crippen LogP contribution in [0.25, 0.3) is 20.4 Å². The summed E-state index contributed by atoms with van der Waals surface area (Å²) in [5, 5.41) is 2.93. The van der Waals surface area contributed by atoms with Crippen LogP contribution in [0.2, 0.25) is 0 Å². The Morgan fingerprint density at radius 3 is 2.50 bits per heavy atom. The predicted molar refractivity (Wildman–Crippen MR) is 104 cm³/mol. The fourth-order valence-corrected chi connectivity index (χ4v) is 5.73. The first-order valence-corrected chi connectivity index (χ1v) is 10.5. The average molecular weight is 358 g/mol. The molecule has 0 amide bonds. The fourth-order valence-electron chi connectivity index (χ4n) is 3.65. The van der Waals surface area contributed by atoms with E-state index >= 15 is 0 Å². The first kappa shape index (κ1) is 16.3. The van der Waals surface area contributed by atoms with Crippen molar-refractivity contribution < 1.29 is 0 Å². The quantitative estimate of drug-likeness (QED) is 0.442. The van der Waals surface area contributed by atoms with E-state index in [9.17, 15) is 0 Å². The summed E-state index contributed by atoms with van der Waals surface area (Å²) < 4.78 is 1.22. The van der Waals surface area contributed by atoms with Gasteiger partial charge in [0.1, 0.15) is 16.2 Å². The van der Waals surface area contributed by atoms with Crippen LogP contribution >= 0.6 is 23.1 Å². The van der Waals surface area contributed by atoms with Crippen LogP contribution in [0.3, 0.4) is 0 Å². The zero-order valence-electron chi connectivity index (χ0n) is 14.7. The Hall–Kier alpha value is -1.20. The summed E-state index contributed by atoms with van der Waals surface area (Å²) >= 11 is 3.60. The maximum atomic E-state index is 5.09. The van der Waals surface area contributed by atoms with Gasteiger partial charge in [-0.2, -0.15) is 0 Å². The SMILES string of the molecule is CC(C)Sc1ncnc2c1sc1nc(C(C)C)c3c(c12)CCCC3. The fraction of sp³-hybridized carbons (Fsp3) is 0.526. The van der Waals surface area contributed by atoms with Crippen LogP contribution in [-0.4, -0.2) is 20.2 Å². The molecule has 0 radical (unpaired) electrons. The van der Waals surface area contributed by atoms with Crippen molar-refractivity contribution in [3.8, 4) is 0 Å². The van der Waals surface area contributed by atoms with Crippen LogP contribution in [0, 0.1) is 0 Å². The van der Waals surface area contributed by atoms with Crippen molar-refractivity contribution in [2.75, 3.05) is 0 Å². The zero-order chi connectivity index (χ0) is 16.8. The van der Waals surface area contributed by atoms with Gasteiger partial charge in [-0.15, -0.1) is 23.1 Å². The van der Waals surface area contributed by atoms with Crippen molar-refractivity contribution in [3.63, 3.8) is 0 Å². The summed E-state index contributed by atoms with van der Waals surface area (Å²) in [7, 11) is 0. The monoisotopic (exact) mass is 357 g/mol. The van der Waals surface area contributed by atoms with Crippen molar-refractivity contribution >= 4 is 43.5 Å². The van der Waals surface area contributed by atoms with Crippen LogP contribution < -0.4 is 0 Å². The lowest BCUT2D eigenvalue weighted by Gasteiger charge is -2.21. The van der Waals surface area contributed by atoms with E-state index in [0.717, 1.165) is 21.8 Å². The van der Waals surface area contributed by atoms with E-state index in [4.69, 9.17) is 4.98 Å². The van der Waals surface area contributed by atoms with Gasteiger partial charge in [0.05, 0.1) is 10.2 Å². The van der Waals surface area contributed by atoms with Crippen molar-refractivity contribution in [2.24, 2.45) is 0 Å². The lowest BCUT2D eigenvalue weighted by Crippen LogP contribution is -2.10. The van der Waals surface area contributed by atoms with Gasteiger partial charge in [-0.3, -0.25) is 0 Å². The highest BCUT2D eigenvalue weighted by molar-refractivity contribution is 8.00. The van der Waals surface area contributed by atoms with Crippen LogP contribution in [-0.2, 0) is 12.8 Å². The molecule has 0 fully saturated rings. The zero-order valence-corrected chi connectivity index (χ0v) is 16.4. The molecule has 0 unspecified atom stereocenters. The van der Waals surface area contributed by atoms with Gasteiger partial charge >= 0.3 is 0 Å². The third-order valence-electron chi connectivity index (χ3n) is 4.62. The minimum absolute atomic E-state index is 0.474. The Bertz CT molecular complexity index is 912. The van der Waals surface area contributed by atoms with E-state index < -0.39 is 0 Å². The van der Waals surface area contributed by atoms with Gasteiger partial charge in [0.25, 0.3) is 0 Å². The first-order valence-electron chi connectivity index (χ1n) is 8.81. The average Bonchev–Trinajstić information content (AvgIpc) is 2.93. The van der Waals surface area contributed by atoms with E-state index in [0.29, 0.717) is 11.2 Å². The van der Waals surface area contributed by atoms with Crippen LogP contribution in [0.1, 0.15) is 63.3 Å². The van der Waals surface area contributed by atoms with Gasteiger partial charge in [0.2, 0.25) is 0 Å². The van der Waals surface area contributed by atoms with Gasteiger partial charge in [0.15, 0.2) is 0 Å². The van der Waals surface area contributed by atoms with Crippen molar-refractivity contribution in [3.05, 3.63) is 23.1 Å². The lowest BCUT2D eigenvalue weighted by molar-refractivity contribution is 0.667. The molecule has 3 nitrogen and oxygen atoms in total. The minimum Gasteiger partial charge on any atom is -0.241 e. The molecule has 0 N–H and O–H groups in total. The molecule has 0 spiro atoms. The number of thioether (sulfide) groups is 1. The summed E-state index contributed by atoms with van der Waals surface area (Å²) in [6, 6.07) is 0. The van der Waals surface area contributed by atoms with Gasteiger partial charge in [-0.05, 0) is 42.7 Å². The van der Waals surface area contributed by atoms with Gasteiger partial charge in [0, 0.05) is 16.3 Å². The van der Waals surface area contributed by atoms with Crippen molar-refractivity contribution in [2.45, 2.75) is 69.6 Å². The second-order valence-electron chi connectivity index (χ2n) is 7.12. The molecular formula is C19H23N3S2. The molecule has 5 heteroatoms. The summed E-state index contributed by atoms with van der Waals surface area (Å²) in [5.74, 6) is 0.474. The topological polar surface area (TPSA) is 38.7 Å². The number of thiophene rings is 1. The highest BCUT2D eigenvalue weighted by atomic mass is 32.2. The second-order valence-corrected chi connectivity index (χ2v) is 9.69. The molecule has 0 aliphatic heterocycles.